The second-order valence-corrected chi connectivity index (χ2v) is 7.08. The molecule has 1 fully saturated rings. The minimum Gasteiger partial charge on any atom is -0.497 e. The SMILES string of the molecule is COc1ccc(CNC(=O)C2CC(NC(=O)OC(C)(C)C)C2)cc1. The van der Waals surface area contributed by atoms with Crippen LogP contribution in [-0.2, 0) is 16.1 Å². The average molecular weight is 334 g/mol. The lowest BCUT2D eigenvalue weighted by molar-refractivity contribution is -0.128. The number of benzene rings is 1. The van der Waals surface area contributed by atoms with Crippen molar-refractivity contribution in [1.82, 2.24) is 10.6 Å². The predicted molar refractivity (Wildman–Crippen MR) is 90.7 cm³/mol. The summed E-state index contributed by atoms with van der Waals surface area (Å²) in [6.45, 7) is 5.96. The van der Waals surface area contributed by atoms with E-state index in [0.29, 0.717) is 19.4 Å². The fourth-order valence-electron chi connectivity index (χ4n) is 2.50. The van der Waals surface area contributed by atoms with Gasteiger partial charge in [-0.1, -0.05) is 12.1 Å². The number of alkyl carbamates (subject to hydrolysis) is 1. The molecular formula is C18H26N2O4. The molecule has 1 saturated carbocycles. The van der Waals surface area contributed by atoms with Crippen LogP contribution in [0.1, 0.15) is 39.2 Å². The van der Waals surface area contributed by atoms with E-state index in [1.165, 1.54) is 0 Å². The highest BCUT2D eigenvalue weighted by Gasteiger charge is 2.36. The van der Waals surface area contributed by atoms with Crippen LogP contribution in [0.15, 0.2) is 24.3 Å². The van der Waals surface area contributed by atoms with Crippen LogP contribution in [0.4, 0.5) is 4.79 Å². The van der Waals surface area contributed by atoms with Crippen molar-refractivity contribution >= 4 is 12.0 Å². The molecule has 132 valence electrons. The van der Waals surface area contributed by atoms with Gasteiger partial charge < -0.3 is 20.1 Å². The molecule has 0 aliphatic heterocycles. The van der Waals surface area contributed by atoms with Gasteiger partial charge in [-0.3, -0.25) is 4.79 Å². The van der Waals surface area contributed by atoms with Crippen LogP contribution >= 0.6 is 0 Å². The Kier molecular flexibility index (Phi) is 5.70. The highest BCUT2D eigenvalue weighted by Crippen LogP contribution is 2.28. The number of carbonyl (C=O) groups excluding carboxylic acids is 2. The topological polar surface area (TPSA) is 76.7 Å². The van der Waals surface area contributed by atoms with E-state index >= 15 is 0 Å². The zero-order chi connectivity index (χ0) is 17.7. The number of carbonyl (C=O) groups is 2. The number of ether oxygens (including phenoxy) is 2. The van der Waals surface area contributed by atoms with Crippen molar-refractivity contribution in [2.75, 3.05) is 7.11 Å². The molecule has 1 aliphatic rings. The minimum absolute atomic E-state index is 0.0107. The Bertz CT molecular complexity index is 572. The fourth-order valence-corrected chi connectivity index (χ4v) is 2.50. The largest absolute Gasteiger partial charge is 0.497 e. The lowest BCUT2D eigenvalue weighted by atomic mass is 9.79. The van der Waals surface area contributed by atoms with E-state index in [-0.39, 0.29) is 17.9 Å². The maximum absolute atomic E-state index is 12.1. The first-order valence-corrected chi connectivity index (χ1v) is 8.17. The normalized spacial score (nSPS) is 19.8. The van der Waals surface area contributed by atoms with Crippen LogP contribution in [0.25, 0.3) is 0 Å². The molecular weight excluding hydrogens is 308 g/mol. The van der Waals surface area contributed by atoms with Gasteiger partial charge in [0.1, 0.15) is 11.4 Å². The van der Waals surface area contributed by atoms with E-state index in [0.717, 1.165) is 11.3 Å². The van der Waals surface area contributed by atoms with E-state index in [1.807, 2.05) is 45.0 Å². The Hall–Kier alpha value is -2.24. The number of amides is 2. The van der Waals surface area contributed by atoms with Gasteiger partial charge in [-0.05, 0) is 51.3 Å². The number of hydrogen-bond acceptors (Lipinski definition) is 4. The summed E-state index contributed by atoms with van der Waals surface area (Å²) in [6, 6.07) is 7.59. The van der Waals surface area contributed by atoms with Gasteiger partial charge in [0.05, 0.1) is 7.11 Å². The minimum atomic E-state index is -0.511. The summed E-state index contributed by atoms with van der Waals surface area (Å²) in [5.74, 6) is 0.761. The standard InChI is InChI=1S/C18H26N2O4/c1-18(2,3)24-17(22)20-14-9-13(10-14)16(21)19-11-12-5-7-15(23-4)8-6-12/h5-8,13-14H,9-11H2,1-4H3,(H,19,21)(H,20,22). The van der Waals surface area contributed by atoms with E-state index in [4.69, 9.17) is 9.47 Å². The third kappa shape index (κ3) is 5.44. The first-order chi connectivity index (χ1) is 11.3. The smallest absolute Gasteiger partial charge is 0.407 e. The van der Waals surface area contributed by atoms with Crippen molar-refractivity contribution in [2.24, 2.45) is 5.92 Å². The molecule has 6 nitrogen and oxygen atoms in total. The fraction of sp³-hybridized carbons (Fsp3) is 0.556. The number of methoxy groups -OCH3 is 1. The van der Waals surface area contributed by atoms with Crippen molar-refractivity contribution in [3.8, 4) is 5.75 Å². The number of hydrogen-bond donors (Lipinski definition) is 2. The number of nitrogens with one attached hydrogen (secondary N) is 2. The maximum atomic E-state index is 12.1. The molecule has 1 aromatic carbocycles. The zero-order valence-corrected chi connectivity index (χ0v) is 14.7. The monoisotopic (exact) mass is 334 g/mol. The first kappa shape index (κ1) is 18.1. The quantitative estimate of drug-likeness (QED) is 0.868. The van der Waals surface area contributed by atoms with Crippen molar-refractivity contribution in [2.45, 2.75) is 51.8 Å². The highest BCUT2D eigenvalue weighted by molar-refractivity contribution is 5.80. The molecule has 0 atom stereocenters. The molecule has 0 heterocycles. The van der Waals surface area contributed by atoms with Crippen LogP contribution in [0.3, 0.4) is 0 Å². The summed E-state index contributed by atoms with van der Waals surface area (Å²) in [4.78, 5) is 23.8. The summed E-state index contributed by atoms with van der Waals surface area (Å²) in [7, 11) is 1.62. The van der Waals surface area contributed by atoms with Crippen LogP contribution in [0.5, 0.6) is 5.75 Å². The van der Waals surface area contributed by atoms with E-state index < -0.39 is 11.7 Å². The van der Waals surface area contributed by atoms with Crippen molar-refractivity contribution in [3.05, 3.63) is 29.8 Å². The van der Waals surface area contributed by atoms with E-state index in [9.17, 15) is 9.59 Å². The molecule has 0 radical (unpaired) electrons. The molecule has 0 bridgehead atoms. The summed E-state index contributed by atoms with van der Waals surface area (Å²) in [5, 5.41) is 5.72. The molecule has 1 aromatic rings. The molecule has 1 aliphatic carbocycles. The Morgan fingerprint density at radius 2 is 1.79 bits per heavy atom. The maximum Gasteiger partial charge on any atom is 0.407 e. The molecule has 6 heteroatoms. The number of rotatable bonds is 5. The molecule has 0 aromatic heterocycles. The van der Waals surface area contributed by atoms with Crippen molar-refractivity contribution in [3.63, 3.8) is 0 Å². The van der Waals surface area contributed by atoms with Gasteiger partial charge in [0.15, 0.2) is 0 Å². The van der Waals surface area contributed by atoms with Crippen molar-refractivity contribution in [1.29, 1.82) is 0 Å². The third-order valence-corrected chi connectivity index (χ3v) is 3.86. The Balaban J connectivity index is 1.67. The molecule has 0 unspecified atom stereocenters. The summed E-state index contributed by atoms with van der Waals surface area (Å²) < 4.78 is 10.3. The summed E-state index contributed by atoms with van der Waals surface area (Å²) in [5.41, 5.74) is 0.509. The second kappa shape index (κ2) is 7.55. The van der Waals surface area contributed by atoms with Crippen LogP contribution in [0.2, 0.25) is 0 Å². The van der Waals surface area contributed by atoms with Gasteiger partial charge in [-0.25, -0.2) is 4.79 Å². The van der Waals surface area contributed by atoms with Gasteiger partial charge >= 0.3 is 6.09 Å². The Morgan fingerprint density at radius 1 is 1.17 bits per heavy atom. The lowest BCUT2D eigenvalue weighted by Crippen LogP contribution is -2.50. The lowest BCUT2D eigenvalue weighted by Gasteiger charge is -2.35. The second-order valence-electron chi connectivity index (χ2n) is 7.08. The van der Waals surface area contributed by atoms with Crippen molar-refractivity contribution < 1.29 is 19.1 Å². The van der Waals surface area contributed by atoms with Gasteiger partial charge in [0.2, 0.25) is 5.91 Å². The van der Waals surface area contributed by atoms with Gasteiger partial charge in [-0.2, -0.15) is 0 Å². The molecule has 0 saturated heterocycles. The summed E-state index contributed by atoms with van der Waals surface area (Å²) in [6.07, 6.45) is 0.867. The summed E-state index contributed by atoms with van der Waals surface area (Å²) >= 11 is 0. The van der Waals surface area contributed by atoms with Crippen LogP contribution in [0, 0.1) is 5.92 Å². The Labute approximate surface area is 142 Å². The molecule has 24 heavy (non-hydrogen) atoms. The van der Waals surface area contributed by atoms with Gasteiger partial charge in [0.25, 0.3) is 0 Å². The van der Waals surface area contributed by atoms with Crippen LogP contribution < -0.4 is 15.4 Å². The van der Waals surface area contributed by atoms with E-state index in [1.54, 1.807) is 7.11 Å². The molecule has 2 rings (SSSR count). The third-order valence-electron chi connectivity index (χ3n) is 3.86. The van der Waals surface area contributed by atoms with E-state index in [2.05, 4.69) is 10.6 Å². The average Bonchev–Trinajstić information content (AvgIpc) is 2.47. The van der Waals surface area contributed by atoms with Gasteiger partial charge in [-0.15, -0.1) is 0 Å². The predicted octanol–water partition coefficient (Wildman–Crippen LogP) is 2.61. The van der Waals surface area contributed by atoms with Crippen LogP contribution in [-0.4, -0.2) is 30.8 Å². The highest BCUT2D eigenvalue weighted by atomic mass is 16.6. The molecule has 2 N–H and O–H groups in total. The molecule has 2 amide bonds. The Morgan fingerprint density at radius 3 is 2.33 bits per heavy atom. The zero-order valence-electron chi connectivity index (χ0n) is 14.7. The molecule has 0 spiro atoms. The van der Waals surface area contributed by atoms with Gasteiger partial charge in [0, 0.05) is 18.5 Å². The first-order valence-electron chi connectivity index (χ1n) is 8.17.